The van der Waals surface area contributed by atoms with Gasteiger partial charge in [-0.2, -0.15) is 0 Å². The number of ether oxygens (including phenoxy) is 1. The van der Waals surface area contributed by atoms with E-state index >= 15 is 0 Å². The number of benzene rings is 1. The fourth-order valence-electron chi connectivity index (χ4n) is 1.18. The van der Waals surface area contributed by atoms with Crippen molar-refractivity contribution < 1.29 is 19.7 Å². The van der Waals surface area contributed by atoms with Gasteiger partial charge in [-0.15, -0.1) is 0 Å². The molecular formula is C10H11BO4. The molecule has 2 radical (unpaired) electrons. The summed E-state index contributed by atoms with van der Waals surface area (Å²) >= 11 is 0. The van der Waals surface area contributed by atoms with E-state index in [2.05, 4.69) is 4.74 Å². The van der Waals surface area contributed by atoms with Crippen LogP contribution >= 0.6 is 0 Å². The average molecular weight is 206 g/mol. The van der Waals surface area contributed by atoms with E-state index in [1.54, 1.807) is 0 Å². The molecule has 1 aromatic rings. The molecule has 0 bridgehead atoms. The van der Waals surface area contributed by atoms with Gasteiger partial charge in [-0.1, -0.05) is 6.07 Å². The number of esters is 1. The maximum Gasteiger partial charge on any atom is 0.305 e. The molecular weight excluding hydrogens is 195 g/mol. The Morgan fingerprint density at radius 3 is 2.73 bits per heavy atom. The molecule has 4 nitrogen and oxygen atoms in total. The fourth-order valence-corrected chi connectivity index (χ4v) is 1.18. The standard InChI is InChI=1S/C10H11BO4/c1-15-8(13)5-3-6-2-4-7(12)9(11)10(6)14/h2,4,12,14H,3,5H2,1H3. The third-order valence-electron chi connectivity index (χ3n) is 2.10. The van der Waals surface area contributed by atoms with E-state index in [1.165, 1.54) is 19.2 Å². The first-order valence-electron chi connectivity index (χ1n) is 4.42. The van der Waals surface area contributed by atoms with Gasteiger partial charge < -0.3 is 14.9 Å². The quantitative estimate of drug-likeness (QED) is 0.539. The van der Waals surface area contributed by atoms with E-state index in [0.717, 1.165) is 0 Å². The summed E-state index contributed by atoms with van der Waals surface area (Å²) in [6, 6.07) is 2.89. The van der Waals surface area contributed by atoms with Gasteiger partial charge in [0, 0.05) is 6.42 Å². The van der Waals surface area contributed by atoms with E-state index in [1.807, 2.05) is 0 Å². The van der Waals surface area contributed by atoms with Crippen molar-refractivity contribution in [2.24, 2.45) is 0 Å². The first kappa shape index (κ1) is 11.4. The highest BCUT2D eigenvalue weighted by Crippen LogP contribution is 2.20. The van der Waals surface area contributed by atoms with Crippen LogP contribution in [0.2, 0.25) is 0 Å². The second kappa shape index (κ2) is 4.73. The number of carbonyl (C=O) groups is 1. The van der Waals surface area contributed by atoms with Gasteiger partial charge in [-0.3, -0.25) is 4.79 Å². The van der Waals surface area contributed by atoms with Crippen molar-refractivity contribution in [3.05, 3.63) is 17.7 Å². The van der Waals surface area contributed by atoms with Crippen LogP contribution in [-0.4, -0.2) is 31.1 Å². The van der Waals surface area contributed by atoms with Gasteiger partial charge in [-0.05, 0) is 23.5 Å². The van der Waals surface area contributed by atoms with Crippen molar-refractivity contribution in [2.75, 3.05) is 7.11 Å². The van der Waals surface area contributed by atoms with Gasteiger partial charge in [-0.25, -0.2) is 0 Å². The van der Waals surface area contributed by atoms with Crippen molar-refractivity contribution in [1.82, 2.24) is 0 Å². The summed E-state index contributed by atoms with van der Waals surface area (Å²) in [5, 5.41) is 18.7. The Labute approximate surface area is 88.9 Å². The lowest BCUT2D eigenvalue weighted by Crippen LogP contribution is -2.08. The van der Waals surface area contributed by atoms with Crippen LogP contribution in [0, 0.1) is 0 Å². The summed E-state index contributed by atoms with van der Waals surface area (Å²) < 4.78 is 4.46. The lowest BCUT2D eigenvalue weighted by atomic mass is 9.90. The zero-order valence-electron chi connectivity index (χ0n) is 8.36. The van der Waals surface area contributed by atoms with Crippen molar-refractivity contribution in [1.29, 1.82) is 0 Å². The van der Waals surface area contributed by atoms with Crippen molar-refractivity contribution >= 4 is 19.3 Å². The predicted octanol–water partition coefficient (Wildman–Crippen LogP) is -0.00280. The summed E-state index contributed by atoms with van der Waals surface area (Å²) in [5.74, 6) is -0.714. The highest BCUT2D eigenvalue weighted by molar-refractivity contribution is 6.36. The molecule has 78 valence electrons. The first-order chi connectivity index (χ1) is 7.06. The SMILES string of the molecule is [B]c1c(O)ccc(CCC(=O)OC)c1O. The fraction of sp³-hybridized carbons (Fsp3) is 0.300. The van der Waals surface area contributed by atoms with Crippen LogP contribution in [0.3, 0.4) is 0 Å². The Kier molecular flexibility index (Phi) is 3.60. The minimum Gasteiger partial charge on any atom is -0.508 e. The Morgan fingerprint density at radius 2 is 2.13 bits per heavy atom. The number of carbonyl (C=O) groups excluding carboxylic acids is 1. The minimum atomic E-state index is -0.360. The van der Waals surface area contributed by atoms with E-state index in [9.17, 15) is 15.0 Å². The Bertz CT molecular complexity index is 376. The highest BCUT2D eigenvalue weighted by Gasteiger charge is 2.09. The summed E-state index contributed by atoms with van der Waals surface area (Å²) in [5.41, 5.74) is 0.438. The van der Waals surface area contributed by atoms with Gasteiger partial charge in [0.15, 0.2) is 0 Å². The number of methoxy groups -OCH3 is 1. The average Bonchev–Trinajstić information content (AvgIpc) is 2.24. The zero-order valence-corrected chi connectivity index (χ0v) is 8.36. The van der Waals surface area contributed by atoms with Gasteiger partial charge in [0.1, 0.15) is 19.3 Å². The minimum absolute atomic E-state index is 0.0719. The Hall–Kier alpha value is -1.65. The number of phenols is 2. The number of aromatic hydroxyl groups is 2. The van der Waals surface area contributed by atoms with Crippen LogP contribution in [0.1, 0.15) is 12.0 Å². The molecule has 0 saturated heterocycles. The third-order valence-corrected chi connectivity index (χ3v) is 2.10. The van der Waals surface area contributed by atoms with Gasteiger partial charge in [0.05, 0.1) is 7.11 Å². The Morgan fingerprint density at radius 1 is 1.47 bits per heavy atom. The predicted molar refractivity (Wildman–Crippen MR) is 55.5 cm³/mol. The second-order valence-electron chi connectivity index (χ2n) is 3.08. The van der Waals surface area contributed by atoms with Gasteiger partial charge in [0.25, 0.3) is 0 Å². The first-order valence-corrected chi connectivity index (χ1v) is 4.42. The molecule has 5 heteroatoms. The smallest absolute Gasteiger partial charge is 0.305 e. The Balaban J connectivity index is 2.78. The monoisotopic (exact) mass is 206 g/mol. The van der Waals surface area contributed by atoms with Crippen LogP contribution in [0.4, 0.5) is 0 Å². The third kappa shape index (κ3) is 2.65. The molecule has 1 aromatic carbocycles. The van der Waals surface area contributed by atoms with Crippen molar-refractivity contribution in [3.63, 3.8) is 0 Å². The molecule has 0 amide bonds. The molecule has 0 saturated carbocycles. The van der Waals surface area contributed by atoms with Gasteiger partial charge >= 0.3 is 5.97 Å². The molecule has 2 N–H and O–H groups in total. The van der Waals surface area contributed by atoms with E-state index < -0.39 is 0 Å². The van der Waals surface area contributed by atoms with Crippen LogP contribution in [0.5, 0.6) is 11.5 Å². The highest BCUT2D eigenvalue weighted by atomic mass is 16.5. The molecule has 0 unspecified atom stereocenters. The number of rotatable bonds is 3. The molecule has 0 aliphatic heterocycles. The molecule has 0 aromatic heterocycles. The van der Waals surface area contributed by atoms with E-state index in [-0.39, 0.29) is 29.4 Å². The van der Waals surface area contributed by atoms with Gasteiger partial charge in [0.2, 0.25) is 0 Å². The summed E-state index contributed by atoms with van der Waals surface area (Å²) in [6.45, 7) is 0. The van der Waals surface area contributed by atoms with Crippen molar-refractivity contribution in [2.45, 2.75) is 12.8 Å². The van der Waals surface area contributed by atoms with Crippen LogP contribution in [-0.2, 0) is 16.0 Å². The number of hydrogen-bond acceptors (Lipinski definition) is 4. The normalized spacial score (nSPS) is 9.93. The van der Waals surface area contributed by atoms with Crippen LogP contribution in [0.25, 0.3) is 0 Å². The number of hydrogen-bond donors (Lipinski definition) is 2. The number of phenolic OH excluding ortho intramolecular Hbond substituents is 2. The molecule has 0 aliphatic rings. The van der Waals surface area contributed by atoms with E-state index in [0.29, 0.717) is 12.0 Å². The molecule has 15 heavy (non-hydrogen) atoms. The summed E-state index contributed by atoms with van der Waals surface area (Å²) in [7, 11) is 6.70. The van der Waals surface area contributed by atoms with E-state index in [4.69, 9.17) is 7.85 Å². The zero-order chi connectivity index (χ0) is 11.4. The largest absolute Gasteiger partial charge is 0.508 e. The lowest BCUT2D eigenvalue weighted by molar-refractivity contribution is -0.140. The number of aryl methyl sites for hydroxylation is 1. The van der Waals surface area contributed by atoms with Crippen LogP contribution < -0.4 is 5.46 Å². The molecule has 0 fully saturated rings. The van der Waals surface area contributed by atoms with Crippen LogP contribution in [0.15, 0.2) is 12.1 Å². The summed E-state index contributed by atoms with van der Waals surface area (Å²) in [6.07, 6.45) is 0.483. The molecule has 0 aliphatic carbocycles. The topological polar surface area (TPSA) is 66.8 Å². The molecule has 0 atom stereocenters. The lowest BCUT2D eigenvalue weighted by Gasteiger charge is -2.08. The van der Waals surface area contributed by atoms with Crippen molar-refractivity contribution in [3.8, 4) is 11.5 Å². The maximum atomic E-state index is 10.9. The molecule has 0 heterocycles. The molecule has 1 rings (SSSR count). The molecule has 0 spiro atoms. The maximum absolute atomic E-state index is 10.9. The second-order valence-corrected chi connectivity index (χ2v) is 3.08. The summed E-state index contributed by atoms with van der Waals surface area (Å²) in [4.78, 5) is 10.9.